The molecule has 0 aromatic carbocycles. The van der Waals surface area contributed by atoms with Crippen molar-refractivity contribution in [2.45, 2.75) is 25.9 Å². The first-order valence-corrected chi connectivity index (χ1v) is 5.53. The van der Waals surface area contributed by atoms with Crippen LogP contribution in [-0.4, -0.2) is 23.7 Å². The van der Waals surface area contributed by atoms with E-state index in [9.17, 15) is 4.79 Å². The lowest BCUT2D eigenvalue weighted by molar-refractivity contribution is -0.128. The zero-order valence-electron chi connectivity index (χ0n) is 8.36. The summed E-state index contributed by atoms with van der Waals surface area (Å²) in [7, 11) is 0. The van der Waals surface area contributed by atoms with E-state index < -0.39 is 6.10 Å². The Hall–Kier alpha value is -0.870. The molecule has 1 aromatic rings. The topological polar surface area (TPSA) is 49.3 Å². The molecule has 0 spiro atoms. The molecule has 0 aliphatic rings. The number of hydrogen-bond donors (Lipinski definition) is 2. The molecule has 0 radical (unpaired) electrons. The Morgan fingerprint density at radius 1 is 1.64 bits per heavy atom. The second kappa shape index (κ2) is 5.12. The fourth-order valence-corrected chi connectivity index (χ4v) is 1.86. The van der Waals surface area contributed by atoms with Crippen LogP contribution in [0.4, 0.5) is 0 Å². The fourth-order valence-electron chi connectivity index (χ4n) is 1.07. The van der Waals surface area contributed by atoms with E-state index in [0.29, 0.717) is 12.5 Å². The highest BCUT2D eigenvalue weighted by Gasteiger charge is 2.11. The van der Waals surface area contributed by atoms with Crippen LogP contribution in [0.15, 0.2) is 16.8 Å². The second-order valence-corrected chi connectivity index (χ2v) is 4.16. The molecule has 0 aliphatic heterocycles. The van der Waals surface area contributed by atoms with Crippen LogP contribution in [0.25, 0.3) is 0 Å². The number of aliphatic hydroxyl groups is 1. The van der Waals surface area contributed by atoms with Gasteiger partial charge in [-0.3, -0.25) is 4.79 Å². The second-order valence-electron chi connectivity index (χ2n) is 3.38. The van der Waals surface area contributed by atoms with Gasteiger partial charge in [-0.1, -0.05) is 6.92 Å². The quantitative estimate of drug-likeness (QED) is 0.793. The number of aliphatic hydroxyl groups excluding tert-OH is 1. The Balaban J connectivity index is 2.36. The summed E-state index contributed by atoms with van der Waals surface area (Å²) in [6.07, 6.45) is -0.926. The molecule has 0 fully saturated rings. The van der Waals surface area contributed by atoms with Crippen molar-refractivity contribution >= 4 is 17.2 Å². The number of nitrogens with one attached hydrogen (secondary N) is 1. The van der Waals surface area contributed by atoms with E-state index in [1.807, 2.05) is 18.4 Å². The first-order chi connectivity index (χ1) is 6.61. The van der Waals surface area contributed by atoms with E-state index in [1.54, 1.807) is 11.3 Å². The molecule has 1 amide bonds. The van der Waals surface area contributed by atoms with E-state index in [4.69, 9.17) is 5.11 Å². The molecule has 14 heavy (non-hydrogen) atoms. The van der Waals surface area contributed by atoms with Crippen LogP contribution in [0.3, 0.4) is 0 Å². The zero-order chi connectivity index (χ0) is 10.6. The van der Waals surface area contributed by atoms with Crippen LogP contribution in [-0.2, 0) is 4.79 Å². The van der Waals surface area contributed by atoms with Gasteiger partial charge in [-0.25, -0.2) is 0 Å². The van der Waals surface area contributed by atoms with Crippen LogP contribution < -0.4 is 5.32 Å². The molecule has 1 aromatic heterocycles. The molecule has 0 saturated carbocycles. The van der Waals surface area contributed by atoms with Gasteiger partial charge in [-0.2, -0.15) is 11.3 Å². The highest BCUT2D eigenvalue weighted by Crippen LogP contribution is 2.16. The summed E-state index contributed by atoms with van der Waals surface area (Å²) in [5, 5.41) is 15.7. The predicted molar refractivity (Wildman–Crippen MR) is 57.4 cm³/mol. The van der Waals surface area contributed by atoms with Gasteiger partial charge in [0, 0.05) is 6.54 Å². The Morgan fingerprint density at radius 3 is 2.86 bits per heavy atom. The lowest BCUT2D eigenvalue weighted by atomic mass is 10.1. The highest BCUT2D eigenvalue weighted by molar-refractivity contribution is 7.07. The smallest absolute Gasteiger partial charge is 0.248 e. The molecular weight excluding hydrogens is 198 g/mol. The van der Waals surface area contributed by atoms with Crippen molar-refractivity contribution in [3.63, 3.8) is 0 Å². The monoisotopic (exact) mass is 213 g/mol. The van der Waals surface area contributed by atoms with Gasteiger partial charge in [0.05, 0.1) is 0 Å². The molecule has 78 valence electrons. The van der Waals surface area contributed by atoms with E-state index in [2.05, 4.69) is 10.7 Å². The SMILES string of the molecule is CC(O)C(=O)NCC(C)c1ccsc1. The highest BCUT2D eigenvalue weighted by atomic mass is 32.1. The number of amides is 1. The van der Waals surface area contributed by atoms with Gasteiger partial charge in [-0.05, 0) is 35.2 Å². The van der Waals surface area contributed by atoms with Crippen LogP contribution >= 0.6 is 11.3 Å². The maximum atomic E-state index is 11.1. The van der Waals surface area contributed by atoms with Gasteiger partial charge in [0.1, 0.15) is 6.10 Å². The fraction of sp³-hybridized carbons (Fsp3) is 0.500. The average molecular weight is 213 g/mol. The lowest BCUT2D eigenvalue weighted by Gasteiger charge is -2.12. The van der Waals surface area contributed by atoms with Crippen molar-refractivity contribution in [2.24, 2.45) is 0 Å². The normalized spacial score (nSPS) is 14.8. The lowest BCUT2D eigenvalue weighted by Crippen LogP contribution is -2.34. The maximum absolute atomic E-state index is 11.1. The van der Waals surface area contributed by atoms with Crippen molar-refractivity contribution in [2.75, 3.05) is 6.54 Å². The van der Waals surface area contributed by atoms with Crippen molar-refractivity contribution in [1.82, 2.24) is 5.32 Å². The van der Waals surface area contributed by atoms with Crippen LogP contribution in [0.1, 0.15) is 25.3 Å². The molecule has 2 N–H and O–H groups in total. The molecule has 2 atom stereocenters. The van der Waals surface area contributed by atoms with Gasteiger partial charge >= 0.3 is 0 Å². The van der Waals surface area contributed by atoms with Crippen molar-refractivity contribution in [1.29, 1.82) is 0 Å². The minimum absolute atomic E-state index is 0.295. The van der Waals surface area contributed by atoms with Gasteiger partial charge in [0.15, 0.2) is 0 Å². The molecule has 0 saturated heterocycles. The summed E-state index contributed by atoms with van der Waals surface area (Å²) in [5.41, 5.74) is 1.22. The molecule has 3 nitrogen and oxygen atoms in total. The van der Waals surface area contributed by atoms with Crippen molar-refractivity contribution < 1.29 is 9.90 Å². The number of thiophene rings is 1. The van der Waals surface area contributed by atoms with Gasteiger partial charge < -0.3 is 10.4 Å². The Bertz CT molecular complexity index is 282. The molecule has 2 unspecified atom stereocenters. The van der Waals surface area contributed by atoms with Gasteiger partial charge in [-0.15, -0.1) is 0 Å². The molecule has 0 aliphatic carbocycles. The molecule has 0 bridgehead atoms. The number of carbonyl (C=O) groups is 1. The first kappa shape index (κ1) is 11.2. The Labute approximate surface area is 87.8 Å². The third-order valence-electron chi connectivity index (χ3n) is 2.07. The third kappa shape index (κ3) is 3.12. The van der Waals surface area contributed by atoms with E-state index in [1.165, 1.54) is 12.5 Å². The van der Waals surface area contributed by atoms with Gasteiger partial charge in [0.2, 0.25) is 5.91 Å². The van der Waals surface area contributed by atoms with E-state index >= 15 is 0 Å². The minimum atomic E-state index is -0.926. The number of carbonyl (C=O) groups excluding carboxylic acids is 1. The molecule has 1 rings (SSSR count). The standard InChI is InChI=1S/C10H15NO2S/c1-7(9-3-4-14-6-9)5-11-10(13)8(2)12/h3-4,6-8,12H,5H2,1-2H3,(H,11,13). The van der Waals surface area contributed by atoms with E-state index in [-0.39, 0.29) is 5.91 Å². The predicted octanol–water partition coefficient (Wildman–Crippen LogP) is 1.35. The summed E-state index contributed by atoms with van der Waals surface area (Å²) in [5.74, 6) is -0.0176. The summed E-state index contributed by atoms with van der Waals surface area (Å²) < 4.78 is 0. The first-order valence-electron chi connectivity index (χ1n) is 4.59. The van der Waals surface area contributed by atoms with Crippen LogP contribution in [0.5, 0.6) is 0 Å². The molecule has 4 heteroatoms. The molecular formula is C10H15NO2S. The third-order valence-corrected chi connectivity index (χ3v) is 2.78. The largest absolute Gasteiger partial charge is 0.384 e. The number of hydrogen-bond acceptors (Lipinski definition) is 3. The van der Waals surface area contributed by atoms with Crippen molar-refractivity contribution in [3.05, 3.63) is 22.4 Å². The summed E-state index contributed by atoms with van der Waals surface area (Å²) in [4.78, 5) is 11.1. The summed E-state index contributed by atoms with van der Waals surface area (Å²) in [6.45, 7) is 4.08. The maximum Gasteiger partial charge on any atom is 0.248 e. The summed E-state index contributed by atoms with van der Waals surface area (Å²) >= 11 is 1.65. The Kier molecular flexibility index (Phi) is 4.10. The molecule has 1 heterocycles. The summed E-state index contributed by atoms with van der Waals surface area (Å²) in [6, 6.07) is 2.05. The van der Waals surface area contributed by atoms with E-state index in [0.717, 1.165) is 0 Å². The zero-order valence-corrected chi connectivity index (χ0v) is 9.17. The van der Waals surface area contributed by atoms with Gasteiger partial charge in [0.25, 0.3) is 0 Å². The van der Waals surface area contributed by atoms with Crippen molar-refractivity contribution in [3.8, 4) is 0 Å². The average Bonchev–Trinajstić information content (AvgIpc) is 2.66. The Morgan fingerprint density at radius 2 is 2.36 bits per heavy atom. The van der Waals surface area contributed by atoms with Crippen LogP contribution in [0.2, 0.25) is 0 Å². The minimum Gasteiger partial charge on any atom is -0.384 e. The van der Waals surface area contributed by atoms with Crippen LogP contribution in [0, 0.1) is 0 Å². The number of rotatable bonds is 4.